The SMILES string of the molecule is CCOC(=O)CCNC(=O)c1cc2ccccc2oc1=O. The number of rotatable bonds is 5. The molecule has 1 N–H and O–H groups in total. The van der Waals surface area contributed by atoms with Crippen LogP contribution in [0.1, 0.15) is 23.7 Å². The first kappa shape index (κ1) is 14.8. The summed E-state index contributed by atoms with van der Waals surface area (Å²) >= 11 is 0. The lowest BCUT2D eigenvalue weighted by Gasteiger charge is -2.05. The van der Waals surface area contributed by atoms with Crippen LogP contribution < -0.4 is 10.9 Å². The van der Waals surface area contributed by atoms with Gasteiger partial charge in [-0.25, -0.2) is 4.79 Å². The fourth-order valence-electron chi connectivity index (χ4n) is 1.83. The summed E-state index contributed by atoms with van der Waals surface area (Å²) in [7, 11) is 0. The molecule has 0 aliphatic rings. The minimum atomic E-state index is -0.706. The van der Waals surface area contributed by atoms with Gasteiger partial charge in [-0.1, -0.05) is 18.2 Å². The number of fused-ring (bicyclic) bond motifs is 1. The summed E-state index contributed by atoms with van der Waals surface area (Å²) in [5.41, 5.74) is -0.370. The van der Waals surface area contributed by atoms with E-state index in [0.717, 1.165) is 0 Å². The zero-order valence-electron chi connectivity index (χ0n) is 11.5. The van der Waals surface area contributed by atoms with Gasteiger partial charge in [0.05, 0.1) is 13.0 Å². The van der Waals surface area contributed by atoms with Crippen LogP contribution in [0.3, 0.4) is 0 Å². The van der Waals surface area contributed by atoms with Crippen LogP contribution in [0.2, 0.25) is 0 Å². The fraction of sp³-hybridized carbons (Fsp3) is 0.267. The molecule has 0 unspecified atom stereocenters. The Balaban J connectivity index is 2.07. The van der Waals surface area contributed by atoms with E-state index in [1.807, 2.05) is 0 Å². The lowest BCUT2D eigenvalue weighted by atomic mass is 10.2. The Morgan fingerprint density at radius 3 is 2.81 bits per heavy atom. The van der Waals surface area contributed by atoms with E-state index in [9.17, 15) is 14.4 Å². The molecule has 1 heterocycles. The number of esters is 1. The molecular weight excluding hydrogens is 274 g/mol. The van der Waals surface area contributed by atoms with Crippen LogP contribution in [0.25, 0.3) is 11.0 Å². The standard InChI is InChI=1S/C15H15NO5/c1-2-20-13(17)7-8-16-14(18)11-9-10-5-3-4-6-12(10)21-15(11)19/h3-6,9H,2,7-8H2,1H3,(H,16,18). The van der Waals surface area contributed by atoms with Crippen molar-refractivity contribution in [1.29, 1.82) is 0 Å². The number of para-hydroxylation sites is 1. The van der Waals surface area contributed by atoms with Crippen LogP contribution >= 0.6 is 0 Å². The molecule has 0 bridgehead atoms. The summed E-state index contributed by atoms with van der Waals surface area (Å²) in [5, 5.41) is 3.15. The maximum Gasteiger partial charge on any atom is 0.349 e. The lowest BCUT2D eigenvalue weighted by Crippen LogP contribution is -2.30. The highest BCUT2D eigenvalue weighted by atomic mass is 16.5. The van der Waals surface area contributed by atoms with Gasteiger partial charge in [-0.05, 0) is 19.1 Å². The molecule has 0 atom stereocenters. The van der Waals surface area contributed by atoms with Crippen molar-refractivity contribution in [2.45, 2.75) is 13.3 Å². The van der Waals surface area contributed by atoms with Crippen LogP contribution in [-0.2, 0) is 9.53 Å². The van der Waals surface area contributed by atoms with E-state index < -0.39 is 17.5 Å². The number of ether oxygens (including phenoxy) is 1. The molecule has 6 nitrogen and oxygen atoms in total. The number of carbonyl (C=O) groups is 2. The molecule has 1 aromatic carbocycles. The minimum absolute atomic E-state index is 0.0541. The van der Waals surface area contributed by atoms with Gasteiger partial charge in [-0.3, -0.25) is 9.59 Å². The van der Waals surface area contributed by atoms with E-state index in [2.05, 4.69) is 5.32 Å². The lowest BCUT2D eigenvalue weighted by molar-refractivity contribution is -0.142. The maximum absolute atomic E-state index is 11.9. The molecule has 0 spiro atoms. The molecule has 2 aromatic rings. The highest BCUT2D eigenvalue weighted by molar-refractivity contribution is 5.96. The van der Waals surface area contributed by atoms with Gasteiger partial charge in [0.2, 0.25) is 0 Å². The van der Waals surface area contributed by atoms with Crippen molar-refractivity contribution >= 4 is 22.8 Å². The molecule has 0 aliphatic heterocycles. The number of hydrogen-bond donors (Lipinski definition) is 1. The van der Waals surface area contributed by atoms with Gasteiger partial charge >= 0.3 is 11.6 Å². The van der Waals surface area contributed by atoms with Crippen LogP contribution in [0, 0.1) is 0 Å². The maximum atomic E-state index is 11.9. The van der Waals surface area contributed by atoms with Crippen molar-refractivity contribution < 1.29 is 18.7 Å². The molecular formula is C15H15NO5. The minimum Gasteiger partial charge on any atom is -0.466 e. The van der Waals surface area contributed by atoms with E-state index in [4.69, 9.17) is 9.15 Å². The second kappa shape index (κ2) is 6.69. The second-order valence-corrected chi connectivity index (χ2v) is 4.30. The van der Waals surface area contributed by atoms with Crippen molar-refractivity contribution in [2.24, 2.45) is 0 Å². The van der Waals surface area contributed by atoms with E-state index in [1.54, 1.807) is 31.2 Å². The Hall–Kier alpha value is -2.63. The Labute approximate surface area is 120 Å². The highest BCUT2D eigenvalue weighted by Gasteiger charge is 2.13. The van der Waals surface area contributed by atoms with E-state index in [-0.39, 0.29) is 18.5 Å². The quantitative estimate of drug-likeness (QED) is 0.665. The molecule has 1 amide bonds. The molecule has 1 aromatic heterocycles. The van der Waals surface area contributed by atoms with Crippen molar-refractivity contribution in [1.82, 2.24) is 5.32 Å². The summed E-state index contributed by atoms with van der Waals surface area (Å²) in [6, 6.07) is 8.39. The van der Waals surface area contributed by atoms with Crippen LogP contribution in [0.15, 0.2) is 39.5 Å². The summed E-state index contributed by atoms with van der Waals surface area (Å²) in [5.74, 6) is -0.970. The Bertz CT molecular complexity index is 719. The third-order valence-corrected chi connectivity index (χ3v) is 2.81. The third-order valence-electron chi connectivity index (χ3n) is 2.81. The van der Waals surface area contributed by atoms with Crippen molar-refractivity contribution in [3.8, 4) is 0 Å². The first-order chi connectivity index (χ1) is 10.1. The molecule has 0 saturated carbocycles. The van der Waals surface area contributed by atoms with Crippen LogP contribution in [0.5, 0.6) is 0 Å². The smallest absolute Gasteiger partial charge is 0.349 e. The van der Waals surface area contributed by atoms with E-state index >= 15 is 0 Å². The van der Waals surface area contributed by atoms with Crippen molar-refractivity contribution in [3.63, 3.8) is 0 Å². The fourth-order valence-corrected chi connectivity index (χ4v) is 1.83. The summed E-state index contributed by atoms with van der Waals surface area (Å²) in [6.07, 6.45) is 0.0541. The molecule has 2 rings (SSSR count). The van der Waals surface area contributed by atoms with Gasteiger partial charge in [0.25, 0.3) is 5.91 Å². The first-order valence-electron chi connectivity index (χ1n) is 6.58. The summed E-state index contributed by atoms with van der Waals surface area (Å²) in [6.45, 7) is 2.10. The van der Waals surface area contributed by atoms with Gasteiger partial charge in [0.15, 0.2) is 0 Å². The number of nitrogens with one attached hydrogen (secondary N) is 1. The number of carbonyl (C=O) groups excluding carboxylic acids is 2. The van der Waals surface area contributed by atoms with Crippen LogP contribution in [0.4, 0.5) is 0 Å². The number of amides is 1. The topological polar surface area (TPSA) is 85.6 Å². The largest absolute Gasteiger partial charge is 0.466 e. The molecule has 0 fully saturated rings. The summed E-state index contributed by atoms with van der Waals surface area (Å²) in [4.78, 5) is 34.8. The monoisotopic (exact) mass is 289 g/mol. The number of hydrogen-bond acceptors (Lipinski definition) is 5. The molecule has 110 valence electrons. The predicted octanol–water partition coefficient (Wildman–Crippen LogP) is 1.48. The van der Waals surface area contributed by atoms with E-state index in [0.29, 0.717) is 17.6 Å². The zero-order chi connectivity index (χ0) is 15.2. The molecule has 0 saturated heterocycles. The third kappa shape index (κ3) is 3.68. The number of benzene rings is 1. The zero-order valence-corrected chi connectivity index (χ0v) is 11.5. The molecule has 0 aliphatic carbocycles. The summed E-state index contributed by atoms with van der Waals surface area (Å²) < 4.78 is 9.81. The van der Waals surface area contributed by atoms with Crippen molar-refractivity contribution in [3.05, 3.63) is 46.3 Å². The van der Waals surface area contributed by atoms with Gasteiger partial charge < -0.3 is 14.5 Å². The average molecular weight is 289 g/mol. The van der Waals surface area contributed by atoms with Gasteiger partial charge in [0, 0.05) is 11.9 Å². The Kier molecular flexibility index (Phi) is 4.71. The second-order valence-electron chi connectivity index (χ2n) is 4.30. The first-order valence-corrected chi connectivity index (χ1v) is 6.58. The van der Waals surface area contributed by atoms with Crippen LogP contribution in [-0.4, -0.2) is 25.0 Å². The Morgan fingerprint density at radius 1 is 1.29 bits per heavy atom. The molecule has 6 heteroatoms. The predicted molar refractivity (Wildman–Crippen MR) is 76.1 cm³/mol. The van der Waals surface area contributed by atoms with Gasteiger partial charge in [-0.2, -0.15) is 0 Å². The molecule has 21 heavy (non-hydrogen) atoms. The van der Waals surface area contributed by atoms with Crippen molar-refractivity contribution in [2.75, 3.05) is 13.2 Å². The van der Waals surface area contributed by atoms with Gasteiger partial charge in [0.1, 0.15) is 11.1 Å². The molecule has 0 radical (unpaired) electrons. The average Bonchev–Trinajstić information content (AvgIpc) is 2.46. The Morgan fingerprint density at radius 2 is 2.05 bits per heavy atom. The van der Waals surface area contributed by atoms with Gasteiger partial charge in [-0.15, -0.1) is 0 Å². The highest BCUT2D eigenvalue weighted by Crippen LogP contribution is 2.12. The van der Waals surface area contributed by atoms with E-state index in [1.165, 1.54) is 6.07 Å². The normalized spacial score (nSPS) is 10.3.